The van der Waals surface area contributed by atoms with Crippen LogP contribution < -0.4 is 5.32 Å². The summed E-state index contributed by atoms with van der Waals surface area (Å²) in [7, 11) is 0. The van der Waals surface area contributed by atoms with Crippen LogP contribution in [0.2, 0.25) is 5.02 Å². The highest BCUT2D eigenvalue weighted by molar-refractivity contribution is 7.20. The molecule has 5 heteroatoms. The van der Waals surface area contributed by atoms with Gasteiger partial charge in [-0.05, 0) is 42.8 Å². The standard InChI is InChI=1S/C16H11ClFNOS/c1-9-11(17)4-2-6-13(9)19-16(20)15-8-10-12(18)5-3-7-14(10)21-15/h2-8H,1H3,(H,19,20). The molecule has 1 amide bonds. The molecule has 1 heterocycles. The third-order valence-electron chi connectivity index (χ3n) is 3.25. The number of benzene rings is 2. The Morgan fingerprint density at radius 1 is 1.24 bits per heavy atom. The Morgan fingerprint density at radius 2 is 2.00 bits per heavy atom. The van der Waals surface area contributed by atoms with Gasteiger partial charge in [0.2, 0.25) is 0 Å². The summed E-state index contributed by atoms with van der Waals surface area (Å²) >= 11 is 7.29. The van der Waals surface area contributed by atoms with E-state index in [9.17, 15) is 9.18 Å². The van der Waals surface area contributed by atoms with E-state index in [-0.39, 0.29) is 11.7 Å². The SMILES string of the molecule is Cc1c(Cl)cccc1NC(=O)c1cc2c(F)cccc2s1. The first-order valence-corrected chi connectivity index (χ1v) is 7.50. The van der Waals surface area contributed by atoms with Gasteiger partial charge in [0.25, 0.3) is 5.91 Å². The Balaban J connectivity index is 1.94. The second-order valence-electron chi connectivity index (χ2n) is 4.63. The molecule has 106 valence electrons. The second-order valence-corrected chi connectivity index (χ2v) is 6.12. The van der Waals surface area contributed by atoms with Crippen molar-refractivity contribution in [1.82, 2.24) is 0 Å². The van der Waals surface area contributed by atoms with Crippen molar-refractivity contribution < 1.29 is 9.18 Å². The fourth-order valence-corrected chi connectivity index (χ4v) is 3.21. The van der Waals surface area contributed by atoms with Gasteiger partial charge >= 0.3 is 0 Å². The zero-order valence-corrected chi connectivity index (χ0v) is 12.7. The summed E-state index contributed by atoms with van der Waals surface area (Å²) in [6.07, 6.45) is 0. The monoisotopic (exact) mass is 319 g/mol. The lowest BCUT2D eigenvalue weighted by Gasteiger charge is -2.08. The van der Waals surface area contributed by atoms with Crippen LogP contribution in [0.15, 0.2) is 42.5 Å². The molecule has 1 N–H and O–H groups in total. The largest absolute Gasteiger partial charge is 0.321 e. The number of carbonyl (C=O) groups is 1. The maximum absolute atomic E-state index is 13.7. The summed E-state index contributed by atoms with van der Waals surface area (Å²) in [5.74, 6) is -0.581. The van der Waals surface area contributed by atoms with Crippen molar-refractivity contribution in [3.63, 3.8) is 0 Å². The predicted octanol–water partition coefficient (Wildman–Crippen LogP) is 5.25. The van der Waals surface area contributed by atoms with Crippen molar-refractivity contribution in [3.8, 4) is 0 Å². The Bertz CT molecular complexity index is 843. The number of thiophene rings is 1. The minimum atomic E-state index is -0.318. The van der Waals surface area contributed by atoms with Crippen molar-refractivity contribution in [3.05, 3.63) is 63.7 Å². The third-order valence-corrected chi connectivity index (χ3v) is 4.76. The number of halogens is 2. The minimum Gasteiger partial charge on any atom is -0.321 e. The van der Waals surface area contributed by atoms with Crippen molar-refractivity contribution in [2.75, 3.05) is 5.32 Å². The molecule has 2 nitrogen and oxygen atoms in total. The molecular weight excluding hydrogens is 309 g/mol. The van der Waals surface area contributed by atoms with Crippen molar-refractivity contribution in [2.45, 2.75) is 6.92 Å². The smallest absolute Gasteiger partial charge is 0.265 e. The van der Waals surface area contributed by atoms with Gasteiger partial charge in [-0.2, -0.15) is 0 Å². The average Bonchev–Trinajstić information content (AvgIpc) is 2.89. The van der Waals surface area contributed by atoms with Crippen LogP contribution in [0.3, 0.4) is 0 Å². The molecule has 0 radical (unpaired) electrons. The van der Waals surface area contributed by atoms with Crippen molar-refractivity contribution in [1.29, 1.82) is 0 Å². The summed E-state index contributed by atoms with van der Waals surface area (Å²) < 4.78 is 14.4. The molecule has 0 saturated heterocycles. The van der Waals surface area contributed by atoms with Crippen molar-refractivity contribution >= 4 is 44.6 Å². The van der Waals surface area contributed by atoms with Crippen LogP contribution in [-0.2, 0) is 0 Å². The highest BCUT2D eigenvalue weighted by Crippen LogP contribution is 2.29. The molecule has 1 aromatic heterocycles. The molecule has 3 aromatic rings. The minimum absolute atomic E-state index is 0.263. The van der Waals surface area contributed by atoms with Gasteiger partial charge in [0.15, 0.2) is 0 Å². The average molecular weight is 320 g/mol. The predicted molar refractivity (Wildman–Crippen MR) is 85.9 cm³/mol. The number of hydrogen-bond donors (Lipinski definition) is 1. The van der Waals surface area contributed by atoms with Gasteiger partial charge in [-0.3, -0.25) is 4.79 Å². The molecule has 0 unspecified atom stereocenters. The van der Waals surface area contributed by atoms with Gasteiger partial charge < -0.3 is 5.32 Å². The molecule has 0 aliphatic rings. The topological polar surface area (TPSA) is 29.1 Å². The lowest BCUT2D eigenvalue weighted by atomic mass is 10.2. The van der Waals surface area contributed by atoms with Crippen LogP contribution in [0.5, 0.6) is 0 Å². The molecule has 0 atom stereocenters. The number of amides is 1. The molecule has 21 heavy (non-hydrogen) atoms. The Hall–Kier alpha value is -1.91. The number of rotatable bonds is 2. The Kier molecular flexibility index (Phi) is 3.66. The maximum atomic E-state index is 13.7. The fraction of sp³-hybridized carbons (Fsp3) is 0.0625. The summed E-state index contributed by atoms with van der Waals surface area (Å²) in [6, 6.07) is 11.7. The summed E-state index contributed by atoms with van der Waals surface area (Å²) in [4.78, 5) is 12.8. The normalized spacial score (nSPS) is 10.8. The molecule has 0 fully saturated rings. The van der Waals surface area contributed by atoms with E-state index in [1.807, 2.05) is 6.92 Å². The fourth-order valence-electron chi connectivity index (χ4n) is 2.06. The molecule has 0 bridgehead atoms. The van der Waals surface area contributed by atoms with E-state index in [1.165, 1.54) is 17.4 Å². The number of fused-ring (bicyclic) bond motifs is 1. The second kappa shape index (κ2) is 5.47. The summed E-state index contributed by atoms with van der Waals surface area (Å²) in [6.45, 7) is 1.84. The highest BCUT2D eigenvalue weighted by atomic mass is 35.5. The van der Waals surface area contributed by atoms with E-state index in [1.54, 1.807) is 36.4 Å². The molecule has 2 aromatic carbocycles. The number of carbonyl (C=O) groups excluding carboxylic acids is 1. The molecule has 3 rings (SSSR count). The first-order valence-electron chi connectivity index (χ1n) is 6.31. The first kappa shape index (κ1) is 14.0. The van der Waals surface area contributed by atoms with Crippen LogP contribution >= 0.6 is 22.9 Å². The van der Waals surface area contributed by atoms with Crippen LogP contribution in [0.4, 0.5) is 10.1 Å². The van der Waals surface area contributed by atoms with Gasteiger partial charge in [-0.25, -0.2) is 4.39 Å². The van der Waals surface area contributed by atoms with E-state index < -0.39 is 0 Å². The van der Waals surface area contributed by atoms with Gasteiger partial charge in [-0.15, -0.1) is 11.3 Å². The Labute approximate surface area is 130 Å². The van der Waals surface area contributed by atoms with E-state index in [4.69, 9.17) is 11.6 Å². The number of hydrogen-bond acceptors (Lipinski definition) is 2. The number of nitrogens with one attached hydrogen (secondary N) is 1. The summed E-state index contributed by atoms with van der Waals surface area (Å²) in [5.41, 5.74) is 1.46. The zero-order valence-electron chi connectivity index (χ0n) is 11.1. The molecule has 0 aliphatic carbocycles. The first-order chi connectivity index (χ1) is 10.1. The van der Waals surface area contributed by atoms with Crippen LogP contribution in [-0.4, -0.2) is 5.91 Å². The van der Waals surface area contributed by atoms with Crippen LogP contribution in [0.1, 0.15) is 15.2 Å². The Morgan fingerprint density at radius 3 is 2.76 bits per heavy atom. The number of anilines is 1. The van der Waals surface area contributed by atoms with Crippen LogP contribution in [0.25, 0.3) is 10.1 Å². The van der Waals surface area contributed by atoms with E-state index in [2.05, 4.69) is 5.32 Å². The molecular formula is C16H11ClFNOS. The maximum Gasteiger partial charge on any atom is 0.265 e. The van der Waals surface area contributed by atoms with E-state index >= 15 is 0 Å². The van der Waals surface area contributed by atoms with Crippen LogP contribution in [0, 0.1) is 12.7 Å². The van der Waals surface area contributed by atoms with E-state index in [0.717, 1.165) is 10.3 Å². The van der Waals surface area contributed by atoms with Gasteiger partial charge in [0, 0.05) is 20.8 Å². The molecule has 0 aliphatic heterocycles. The lowest BCUT2D eigenvalue weighted by Crippen LogP contribution is -2.11. The third kappa shape index (κ3) is 2.64. The molecule has 0 spiro atoms. The van der Waals surface area contributed by atoms with Gasteiger partial charge in [0.1, 0.15) is 5.82 Å². The zero-order chi connectivity index (χ0) is 15.0. The van der Waals surface area contributed by atoms with E-state index in [0.29, 0.717) is 21.0 Å². The van der Waals surface area contributed by atoms with Crippen molar-refractivity contribution in [2.24, 2.45) is 0 Å². The summed E-state index contributed by atoms with van der Waals surface area (Å²) in [5, 5.41) is 3.87. The quantitative estimate of drug-likeness (QED) is 0.686. The van der Waals surface area contributed by atoms with Gasteiger partial charge in [0.05, 0.1) is 4.88 Å². The molecule has 0 saturated carbocycles. The lowest BCUT2D eigenvalue weighted by molar-refractivity contribution is 0.103. The van der Waals surface area contributed by atoms with Gasteiger partial charge in [-0.1, -0.05) is 23.7 Å². The highest BCUT2D eigenvalue weighted by Gasteiger charge is 2.14.